The molecule has 0 atom stereocenters. The highest BCUT2D eigenvalue weighted by Gasteiger charge is 2.17. The summed E-state index contributed by atoms with van der Waals surface area (Å²) in [6.45, 7) is 3.73. The van der Waals surface area contributed by atoms with Gasteiger partial charge in [-0.05, 0) is 25.8 Å². The van der Waals surface area contributed by atoms with Crippen LogP contribution in [-0.4, -0.2) is 32.1 Å². The fourth-order valence-corrected chi connectivity index (χ4v) is 3.75. The minimum absolute atomic E-state index is 0.212. The maximum Gasteiger partial charge on any atom is 0.254 e. The number of carbonyl (C=O) groups excluding carboxylic acids is 2. The van der Waals surface area contributed by atoms with Crippen LogP contribution in [0.3, 0.4) is 0 Å². The highest BCUT2D eigenvalue weighted by atomic mass is 16.2. The molecule has 0 unspecified atom stereocenters. The summed E-state index contributed by atoms with van der Waals surface area (Å²) in [7, 11) is 0. The summed E-state index contributed by atoms with van der Waals surface area (Å²) < 4.78 is 1.58. The number of amides is 2. The second kappa shape index (κ2) is 9.44. The molecule has 0 bridgehead atoms. The Morgan fingerprint density at radius 2 is 1.61 bits per heavy atom. The Bertz CT molecular complexity index is 1300. The lowest BCUT2D eigenvalue weighted by Crippen LogP contribution is -2.21. The molecule has 0 aliphatic heterocycles. The normalized spacial score (nSPS) is 10.7. The third kappa shape index (κ3) is 4.64. The van der Waals surface area contributed by atoms with Crippen LogP contribution >= 0.6 is 0 Å². The molecule has 4 aromatic rings. The SMILES string of the molecule is Cc1nc2c(C(N)=O)cnn2c(C)c1CCC(=O)NN=C(c1ccccc1)c1ccccc1. The van der Waals surface area contributed by atoms with Crippen molar-refractivity contribution in [2.45, 2.75) is 26.7 Å². The summed E-state index contributed by atoms with van der Waals surface area (Å²) in [5.41, 5.74) is 13.7. The van der Waals surface area contributed by atoms with Gasteiger partial charge in [0.2, 0.25) is 5.91 Å². The Kier molecular flexibility index (Phi) is 6.26. The van der Waals surface area contributed by atoms with Gasteiger partial charge in [-0.25, -0.2) is 14.9 Å². The first kappa shape index (κ1) is 21.9. The number of hydrazone groups is 1. The molecule has 0 spiro atoms. The van der Waals surface area contributed by atoms with Gasteiger partial charge < -0.3 is 5.73 Å². The quantitative estimate of drug-likeness (QED) is 0.340. The van der Waals surface area contributed by atoms with Crippen LogP contribution in [0.1, 0.15) is 44.9 Å². The number of hydrogen-bond donors (Lipinski definition) is 2. The number of rotatable bonds is 7. The van der Waals surface area contributed by atoms with Crippen LogP contribution in [0.25, 0.3) is 5.65 Å². The van der Waals surface area contributed by atoms with Crippen LogP contribution in [0.5, 0.6) is 0 Å². The molecule has 2 aromatic carbocycles. The van der Waals surface area contributed by atoms with E-state index < -0.39 is 5.91 Å². The number of carbonyl (C=O) groups is 2. The molecule has 2 amide bonds. The Morgan fingerprint density at radius 3 is 2.18 bits per heavy atom. The molecule has 0 fully saturated rings. The van der Waals surface area contributed by atoms with Crippen LogP contribution in [0.15, 0.2) is 72.0 Å². The molecule has 8 heteroatoms. The van der Waals surface area contributed by atoms with E-state index in [0.29, 0.717) is 17.8 Å². The number of hydrogen-bond acceptors (Lipinski definition) is 5. The van der Waals surface area contributed by atoms with Gasteiger partial charge >= 0.3 is 0 Å². The molecule has 166 valence electrons. The van der Waals surface area contributed by atoms with E-state index in [9.17, 15) is 9.59 Å². The van der Waals surface area contributed by atoms with Crippen LogP contribution in [0, 0.1) is 13.8 Å². The van der Waals surface area contributed by atoms with E-state index in [1.807, 2.05) is 74.5 Å². The zero-order valence-electron chi connectivity index (χ0n) is 18.4. The summed E-state index contributed by atoms with van der Waals surface area (Å²) in [6.07, 6.45) is 2.09. The second-order valence-corrected chi connectivity index (χ2v) is 7.65. The molecule has 0 saturated carbocycles. The minimum Gasteiger partial charge on any atom is -0.365 e. The number of nitrogens with one attached hydrogen (secondary N) is 1. The second-order valence-electron chi connectivity index (χ2n) is 7.65. The topological polar surface area (TPSA) is 115 Å². The maximum absolute atomic E-state index is 12.6. The van der Waals surface area contributed by atoms with Crippen molar-refractivity contribution in [2.24, 2.45) is 10.8 Å². The van der Waals surface area contributed by atoms with E-state index in [1.165, 1.54) is 6.20 Å². The van der Waals surface area contributed by atoms with E-state index in [-0.39, 0.29) is 17.9 Å². The minimum atomic E-state index is -0.575. The highest BCUT2D eigenvalue weighted by molar-refractivity contribution is 6.13. The molecule has 8 nitrogen and oxygen atoms in total. The number of nitrogens with two attached hydrogens (primary N) is 1. The first-order valence-electron chi connectivity index (χ1n) is 10.6. The summed E-state index contributed by atoms with van der Waals surface area (Å²) in [6, 6.07) is 19.4. The number of aromatic nitrogens is 3. The Labute approximate surface area is 191 Å². The number of nitrogens with zero attached hydrogens (tertiary/aromatic N) is 4. The standard InChI is InChI=1S/C25H24N6O2/c1-16-20(17(2)31-25(28-16)21(15-27-31)24(26)33)13-14-22(32)29-30-23(18-9-5-3-6-10-18)19-11-7-4-8-12-19/h3-12,15H,13-14H2,1-2H3,(H2,26,33)(H,29,32). The Hall–Kier alpha value is -4.33. The number of fused-ring (bicyclic) bond motifs is 1. The van der Waals surface area contributed by atoms with Crippen LogP contribution in [-0.2, 0) is 11.2 Å². The van der Waals surface area contributed by atoms with Gasteiger partial charge in [-0.15, -0.1) is 0 Å². The van der Waals surface area contributed by atoms with Gasteiger partial charge in [-0.3, -0.25) is 9.59 Å². The zero-order chi connectivity index (χ0) is 23.4. The largest absolute Gasteiger partial charge is 0.365 e. The van der Waals surface area contributed by atoms with E-state index >= 15 is 0 Å². The smallest absolute Gasteiger partial charge is 0.254 e. The maximum atomic E-state index is 12.6. The van der Waals surface area contributed by atoms with Crippen molar-refractivity contribution < 1.29 is 9.59 Å². The number of aryl methyl sites for hydroxylation is 2. The molecular weight excluding hydrogens is 416 g/mol. The zero-order valence-corrected chi connectivity index (χ0v) is 18.4. The molecule has 2 aromatic heterocycles. The van der Waals surface area contributed by atoms with E-state index in [1.54, 1.807) is 4.52 Å². The lowest BCUT2D eigenvalue weighted by Gasteiger charge is -2.11. The first-order chi connectivity index (χ1) is 16.0. The molecule has 2 heterocycles. The van der Waals surface area contributed by atoms with Gasteiger partial charge in [0, 0.05) is 28.9 Å². The Morgan fingerprint density at radius 1 is 1.00 bits per heavy atom. The predicted octanol–water partition coefficient (Wildman–Crippen LogP) is 2.95. The van der Waals surface area contributed by atoms with Gasteiger partial charge in [0.1, 0.15) is 5.56 Å². The summed E-state index contributed by atoms with van der Waals surface area (Å²) in [5, 5.41) is 8.65. The molecule has 33 heavy (non-hydrogen) atoms. The summed E-state index contributed by atoms with van der Waals surface area (Å²) in [4.78, 5) is 28.7. The lowest BCUT2D eigenvalue weighted by atomic mass is 10.0. The summed E-state index contributed by atoms with van der Waals surface area (Å²) >= 11 is 0. The monoisotopic (exact) mass is 440 g/mol. The lowest BCUT2D eigenvalue weighted by molar-refractivity contribution is -0.121. The molecule has 0 radical (unpaired) electrons. The summed E-state index contributed by atoms with van der Waals surface area (Å²) in [5.74, 6) is -0.787. The molecule has 0 aliphatic rings. The predicted molar refractivity (Wildman–Crippen MR) is 126 cm³/mol. The van der Waals surface area contributed by atoms with Crippen molar-refractivity contribution in [3.05, 3.63) is 101 Å². The van der Waals surface area contributed by atoms with Crippen molar-refractivity contribution in [1.29, 1.82) is 0 Å². The third-order valence-corrected chi connectivity index (χ3v) is 5.46. The van der Waals surface area contributed by atoms with E-state index in [0.717, 1.165) is 28.1 Å². The fourth-order valence-electron chi connectivity index (χ4n) is 3.75. The van der Waals surface area contributed by atoms with E-state index in [2.05, 4.69) is 20.6 Å². The Balaban J connectivity index is 1.52. The highest BCUT2D eigenvalue weighted by Crippen LogP contribution is 2.18. The molecule has 0 saturated heterocycles. The average molecular weight is 441 g/mol. The number of benzene rings is 2. The van der Waals surface area contributed by atoms with Crippen molar-refractivity contribution in [3.63, 3.8) is 0 Å². The third-order valence-electron chi connectivity index (χ3n) is 5.46. The van der Waals surface area contributed by atoms with Gasteiger partial charge in [0.25, 0.3) is 5.91 Å². The van der Waals surface area contributed by atoms with Crippen molar-refractivity contribution >= 4 is 23.2 Å². The molecule has 3 N–H and O–H groups in total. The fraction of sp³-hybridized carbons (Fsp3) is 0.160. The van der Waals surface area contributed by atoms with Crippen LogP contribution in [0.2, 0.25) is 0 Å². The van der Waals surface area contributed by atoms with Gasteiger partial charge in [0.05, 0.1) is 11.9 Å². The molecular formula is C25H24N6O2. The average Bonchev–Trinajstić information content (AvgIpc) is 3.25. The van der Waals surface area contributed by atoms with Crippen molar-refractivity contribution in [1.82, 2.24) is 20.0 Å². The molecule has 0 aliphatic carbocycles. The van der Waals surface area contributed by atoms with Crippen LogP contribution < -0.4 is 11.2 Å². The van der Waals surface area contributed by atoms with E-state index in [4.69, 9.17) is 5.73 Å². The number of primary amides is 1. The van der Waals surface area contributed by atoms with Crippen LogP contribution in [0.4, 0.5) is 0 Å². The van der Waals surface area contributed by atoms with Gasteiger partial charge in [-0.2, -0.15) is 10.2 Å². The van der Waals surface area contributed by atoms with Gasteiger partial charge in [-0.1, -0.05) is 60.7 Å². The van der Waals surface area contributed by atoms with Gasteiger partial charge in [0.15, 0.2) is 5.65 Å². The molecule has 4 rings (SSSR count). The van der Waals surface area contributed by atoms with Crippen molar-refractivity contribution in [3.8, 4) is 0 Å². The van der Waals surface area contributed by atoms with Crippen molar-refractivity contribution in [2.75, 3.05) is 0 Å². The first-order valence-corrected chi connectivity index (χ1v) is 10.6.